The average Bonchev–Trinajstić information content (AvgIpc) is 2.33. The molecule has 18 heavy (non-hydrogen) atoms. The number of carbonyl (C=O) groups excluding carboxylic acids is 1. The number of anilines is 1. The Kier molecular flexibility index (Phi) is 5.12. The number of pyridine rings is 1. The van der Waals surface area contributed by atoms with Gasteiger partial charge in [-0.3, -0.25) is 4.79 Å². The van der Waals surface area contributed by atoms with Crippen LogP contribution >= 0.6 is 0 Å². The summed E-state index contributed by atoms with van der Waals surface area (Å²) in [5.74, 6) is 0.242. The maximum atomic E-state index is 11.1. The van der Waals surface area contributed by atoms with Gasteiger partial charge in [0.1, 0.15) is 5.82 Å². The highest BCUT2D eigenvalue weighted by atomic mass is 16.1. The van der Waals surface area contributed by atoms with Crippen LogP contribution in [0.2, 0.25) is 0 Å². The van der Waals surface area contributed by atoms with Crippen LogP contribution in [0.4, 0.5) is 5.82 Å². The molecule has 0 aliphatic carbocycles. The first kappa shape index (κ1) is 14.0. The number of hydrogen-bond donors (Lipinski definition) is 1. The average molecular weight is 246 g/mol. The molecule has 5 nitrogen and oxygen atoms in total. The van der Waals surface area contributed by atoms with E-state index in [1.54, 1.807) is 12.1 Å². The first-order valence-electron chi connectivity index (χ1n) is 5.99. The molecule has 0 spiro atoms. The normalized spacial score (nSPS) is 9.83. The van der Waals surface area contributed by atoms with E-state index in [4.69, 9.17) is 11.0 Å². The molecule has 0 saturated carbocycles. The fourth-order valence-electron chi connectivity index (χ4n) is 1.69. The third-order valence-corrected chi connectivity index (χ3v) is 2.52. The molecule has 1 amide bonds. The number of unbranched alkanes of at least 4 members (excludes halogenated alkanes) is 1. The summed E-state index contributed by atoms with van der Waals surface area (Å²) >= 11 is 0. The van der Waals surface area contributed by atoms with Gasteiger partial charge in [0.25, 0.3) is 0 Å². The largest absolute Gasteiger partial charge is 0.368 e. The van der Waals surface area contributed by atoms with E-state index in [9.17, 15) is 4.79 Å². The number of aromatic nitrogens is 1. The topological polar surface area (TPSA) is 83.0 Å². The number of nitriles is 1. The van der Waals surface area contributed by atoms with Gasteiger partial charge in [-0.2, -0.15) is 5.26 Å². The molecule has 0 unspecified atom stereocenters. The van der Waals surface area contributed by atoms with E-state index in [0.29, 0.717) is 17.9 Å². The maximum absolute atomic E-state index is 11.1. The van der Waals surface area contributed by atoms with Gasteiger partial charge in [0.05, 0.1) is 18.2 Å². The first-order chi connectivity index (χ1) is 8.56. The van der Waals surface area contributed by atoms with Crippen LogP contribution in [0.3, 0.4) is 0 Å². The van der Waals surface area contributed by atoms with Gasteiger partial charge in [-0.1, -0.05) is 13.3 Å². The Morgan fingerprint density at radius 2 is 2.28 bits per heavy atom. The van der Waals surface area contributed by atoms with E-state index < -0.39 is 5.91 Å². The highest BCUT2D eigenvalue weighted by molar-refractivity contribution is 5.79. The van der Waals surface area contributed by atoms with E-state index in [1.807, 2.05) is 11.8 Å². The first-order valence-corrected chi connectivity index (χ1v) is 5.99. The number of aryl methyl sites for hydroxylation is 1. The molecule has 0 aliphatic rings. The smallest absolute Gasteiger partial charge is 0.236 e. The van der Waals surface area contributed by atoms with Gasteiger partial charge in [-0.05, 0) is 25.5 Å². The fraction of sp³-hybridized carbons (Fsp3) is 0.462. The van der Waals surface area contributed by atoms with Gasteiger partial charge in [0.2, 0.25) is 5.91 Å². The zero-order valence-corrected chi connectivity index (χ0v) is 10.8. The molecule has 1 rings (SSSR count). The molecule has 96 valence electrons. The number of primary amides is 1. The van der Waals surface area contributed by atoms with E-state index in [-0.39, 0.29) is 6.54 Å². The maximum Gasteiger partial charge on any atom is 0.236 e. The van der Waals surface area contributed by atoms with Crippen LogP contribution in [0.5, 0.6) is 0 Å². The molecular formula is C13H18N4O. The van der Waals surface area contributed by atoms with Gasteiger partial charge in [0, 0.05) is 12.2 Å². The fourth-order valence-corrected chi connectivity index (χ4v) is 1.69. The van der Waals surface area contributed by atoms with Crippen LogP contribution in [-0.4, -0.2) is 24.0 Å². The summed E-state index contributed by atoms with van der Waals surface area (Å²) in [4.78, 5) is 17.2. The Morgan fingerprint density at radius 3 is 2.83 bits per heavy atom. The molecule has 0 fully saturated rings. The summed E-state index contributed by atoms with van der Waals surface area (Å²) in [7, 11) is 0. The van der Waals surface area contributed by atoms with E-state index in [2.05, 4.69) is 18.0 Å². The second-order valence-corrected chi connectivity index (χ2v) is 4.21. The summed E-state index contributed by atoms with van der Waals surface area (Å²) in [5.41, 5.74) is 6.54. The van der Waals surface area contributed by atoms with E-state index >= 15 is 0 Å². The van der Waals surface area contributed by atoms with E-state index in [0.717, 1.165) is 18.5 Å². The van der Waals surface area contributed by atoms with Crippen molar-refractivity contribution in [2.45, 2.75) is 26.7 Å². The minimum Gasteiger partial charge on any atom is -0.368 e. The molecule has 5 heteroatoms. The lowest BCUT2D eigenvalue weighted by Gasteiger charge is -2.22. The monoisotopic (exact) mass is 246 g/mol. The van der Waals surface area contributed by atoms with E-state index in [1.165, 1.54) is 0 Å². The summed E-state index contributed by atoms with van der Waals surface area (Å²) in [6.07, 6.45) is 1.97. The van der Waals surface area contributed by atoms with Crippen molar-refractivity contribution in [3.8, 4) is 6.07 Å². The zero-order valence-electron chi connectivity index (χ0n) is 10.8. The van der Waals surface area contributed by atoms with Crippen molar-refractivity contribution in [3.05, 3.63) is 23.4 Å². The molecule has 1 aromatic rings. The lowest BCUT2D eigenvalue weighted by atomic mass is 10.2. The van der Waals surface area contributed by atoms with Crippen molar-refractivity contribution < 1.29 is 4.79 Å². The zero-order chi connectivity index (χ0) is 13.5. The van der Waals surface area contributed by atoms with Crippen LogP contribution in [0, 0.1) is 18.3 Å². The molecule has 0 atom stereocenters. The molecule has 2 N–H and O–H groups in total. The third kappa shape index (κ3) is 4.06. The van der Waals surface area contributed by atoms with Crippen molar-refractivity contribution in [1.29, 1.82) is 5.26 Å². The van der Waals surface area contributed by atoms with Crippen LogP contribution in [0.15, 0.2) is 12.1 Å². The molecule has 0 saturated heterocycles. The van der Waals surface area contributed by atoms with Crippen molar-refractivity contribution in [2.24, 2.45) is 5.73 Å². The quantitative estimate of drug-likeness (QED) is 0.821. The Balaban J connectivity index is 2.99. The van der Waals surface area contributed by atoms with Gasteiger partial charge in [-0.25, -0.2) is 4.98 Å². The molecule has 0 radical (unpaired) electrons. The summed E-state index contributed by atoms with van der Waals surface area (Å²) in [6.45, 7) is 4.74. The van der Waals surface area contributed by atoms with Crippen LogP contribution in [-0.2, 0) is 4.79 Å². The molecule has 0 aromatic carbocycles. The minimum atomic E-state index is -0.395. The third-order valence-electron chi connectivity index (χ3n) is 2.52. The van der Waals surface area contributed by atoms with Crippen molar-refractivity contribution in [3.63, 3.8) is 0 Å². The van der Waals surface area contributed by atoms with Crippen molar-refractivity contribution in [2.75, 3.05) is 18.0 Å². The molecule has 1 heterocycles. The van der Waals surface area contributed by atoms with Crippen molar-refractivity contribution in [1.82, 2.24) is 4.98 Å². The highest BCUT2D eigenvalue weighted by Crippen LogP contribution is 2.15. The lowest BCUT2D eigenvalue weighted by molar-refractivity contribution is -0.116. The second kappa shape index (κ2) is 6.60. The Morgan fingerprint density at radius 1 is 1.56 bits per heavy atom. The highest BCUT2D eigenvalue weighted by Gasteiger charge is 2.11. The van der Waals surface area contributed by atoms with Crippen LogP contribution < -0.4 is 10.6 Å². The molecule has 0 bridgehead atoms. The molecule has 1 aromatic heterocycles. The summed E-state index contributed by atoms with van der Waals surface area (Å²) < 4.78 is 0. The number of amides is 1. The molecular weight excluding hydrogens is 228 g/mol. The van der Waals surface area contributed by atoms with Crippen LogP contribution in [0.1, 0.15) is 31.0 Å². The van der Waals surface area contributed by atoms with Gasteiger partial charge < -0.3 is 10.6 Å². The SMILES string of the molecule is CCCCN(CC(N)=O)c1cc(C#N)cc(C)n1. The van der Waals surface area contributed by atoms with Crippen LogP contribution in [0.25, 0.3) is 0 Å². The molecule has 0 aliphatic heterocycles. The summed E-state index contributed by atoms with van der Waals surface area (Å²) in [5, 5.41) is 8.94. The lowest BCUT2D eigenvalue weighted by Crippen LogP contribution is -2.35. The summed E-state index contributed by atoms with van der Waals surface area (Å²) in [6, 6.07) is 5.49. The Bertz CT molecular complexity index is 465. The van der Waals surface area contributed by atoms with Gasteiger partial charge in [-0.15, -0.1) is 0 Å². The predicted octanol–water partition coefficient (Wildman–Crippen LogP) is 1.35. The van der Waals surface area contributed by atoms with Gasteiger partial charge >= 0.3 is 0 Å². The Hall–Kier alpha value is -2.09. The number of carbonyl (C=O) groups is 1. The number of hydrogen-bond acceptors (Lipinski definition) is 4. The predicted molar refractivity (Wildman–Crippen MR) is 70.0 cm³/mol. The standard InChI is InChI=1S/C13H18N4O/c1-3-4-5-17(9-12(15)18)13-7-11(8-14)6-10(2)16-13/h6-7H,3-5,9H2,1-2H3,(H2,15,18). The Labute approximate surface area is 107 Å². The van der Waals surface area contributed by atoms with Crippen molar-refractivity contribution >= 4 is 11.7 Å². The number of nitrogens with zero attached hydrogens (tertiary/aromatic N) is 3. The minimum absolute atomic E-state index is 0.126. The number of nitrogens with two attached hydrogens (primary N) is 1. The number of rotatable bonds is 6. The van der Waals surface area contributed by atoms with Gasteiger partial charge in [0.15, 0.2) is 0 Å². The second-order valence-electron chi connectivity index (χ2n) is 4.21.